The number of nitrogens with one attached hydrogen (secondary N) is 5. The Hall–Kier alpha value is -5.61. The van der Waals surface area contributed by atoms with E-state index in [9.17, 15) is 43.5 Å². The van der Waals surface area contributed by atoms with Gasteiger partial charge in [0.2, 0.25) is 17.7 Å². The fraction of sp³-hybridized carbons (Fsp3) is 0.649. The number of carbonyl (C=O) groups is 8. The van der Waals surface area contributed by atoms with Crippen molar-refractivity contribution in [3.8, 4) is 0 Å². The monoisotopic (exact) mass is 1110 g/mol. The van der Waals surface area contributed by atoms with Gasteiger partial charge in [0.15, 0.2) is 5.78 Å². The minimum Gasteiger partial charge on any atom is -0.459 e. The summed E-state index contributed by atoms with van der Waals surface area (Å²) in [6.45, 7) is 13.2. The number of aliphatic hydroxyl groups is 1. The molecule has 0 radical (unpaired) electrons. The minimum absolute atomic E-state index is 0.0715. The second-order valence-electron chi connectivity index (χ2n) is 21.3. The maximum atomic E-state index is 13.7. The van der Waals surface area contributed by atoms with Crippen LogP contribution in [0.4, 0.5) is 15.3 Å². The smallest absolute Gasteiger partial charge is 0.407 e. The van der Waals surface area contributed by atoms with Crippen molar-refractivity contribution in [1.29, 1.82) is 0 Å². The van der Waals surface area contributed by atoms with E-state index in [0.717, 1.165) is 31.3 Å². The van der Waals surface area contributed by atoms with Crippen LogP contribution in [0.2, 0.25) is 0 Å². The molecule has 8 N–H and O–H groups in total. The maximum absolute atomic E-state index is 13.7. The summed E-state index contributed by atoms with van der Waals surface area (Å²) in [6, 6.07) is 5.03. The van der Waals surface area contributed by atoms with Gasteiger partial charge in [-0.15, -0.1) is 0 Å². The number of rotatable bonds is 32. The highest BCUT2D eigenvalue weighted by Crippen LogP contribution is 2.42. The van der Waals surface area contributed by atoms with Gasteiger partial charge < -0.3 is 61.1 Å². The molecule has 78 heavy (non-hydrogen) atoms. The van der Waals surface area contributed by atoms with Crippen molar-refractivity contribution >= 4 is 64.8 Å². The molecule has 3 heterocycles. The topological polar surface area (TPSA) is 292 Å². The van der Waals surface area contributed by atoms with Gasteiger partial charge in [0.25, 0.3) is 0 Å². The zero-order chi connectivity index (χ0) is 57.4. The van der Waals surface area contributed by atoms with Gasteiger partial charge >= 0.3 is 18.1 Å². The van der Waals surface area contributed by atoms with Crippen LogP contribution in [0, 0.1) is 17.8 Å². The number of anilines is 1. The zero-order valence-electron chi connectivity index (χ0n) is 46.8. The number of alkyl carbamates (subject to hydrolysis) is 1. The average Bonchev–Trinajstić information content (AvgIpc) is 4.20. The summed E-state index contributed by atoms with van der Waals surface area (Å²) >= 11 is 1.51. The van der Waals surface area contributed by atoms with Gasteiger partial charge in [-0.1, -0.05) is 69.5 Å². The molecule has 434 valence electrons. The molecule has 0 unspecified atom stereocenters. The van der Waals surface area contributed by atoms with Crippen LogP contribution < -0.4 is 32.3 Å². The number of amides is 6. The molecule has 3 saturated heterocycles. The second-order valence-corrected chi connectivity index (χ2v) is 22.1. The fourth-order valence-corrected chi connectivity index (χ4v) is 9.99. The van der Waals surface area contributed by atoms with Crippen molar-refractivity contribution in [3.63, 3.8) is 0 Å². The van der Waals surface area contributed by atoms with E-state index in [0.29, 0.717) is 55.7 Å². The first-order valence-electron chi connectivity index (χ1n) is 27.4. The summed E-state index contributed by atoms with van der Waals surface area (Å²) in [5.41, 5.74) is 6.49. The zero-order valence-corrected chi connectivity index (χ0v) is 47.6. The van der Waals surface area contributed by atoms with Crippen molar-refractivity contribution in [2.75, 3.05) is 37.0 Å². The van der Waals surface area contributed by atoms with Crippen molar-refractivity contribution < 1.29 is 67.1 Å². The summed E-state index contributed by atoms with van der Waals surface area (Å²) in [7, 11) is 0. The number of thioether (sulfide) groups is 1. The van der Waals surface area contributed by atoms with E-state index in [1.54, 1.807) is 37.3 Å². The third kappa shape index (κ3) is 23.4. The van der Waals surface area contributed by atoms with Gasteiger partial charge in [0.05, 0.1) is 42.8 Å². The van der Waals surface area contributed by atoms with Gasteiger partial charge in [-0.05, 0) is 101 Å². The Kier molecular flexibility index (Phi) is 27.5. The molecule has 0 aromatic heterocycles. The first-order valence-corrected chi connectivity index (χ1v) is 28.8. The van der Waals surface area contributed by atoms with E-state index in [-0.39, 0.29) is 92.4 Å². The largest absolute Gasteiger partial charge is 0.459 e. The number of ether oxygens (including phenoxy) is 5. The predicted octanol–water partition coefficient (Wildman–Crippen LogP) is 6.27. The molecule has 6 amide bonds. The van der Waals surface area contributed by atoms with Crippen LogP contribution in [0.5, 0.6) is 0 Å². The quantitative estimate of drug-likeness (QED) is 0.0137. The highest BCUT2D eigenvalue weighted by atomic mass is 32.2. The number of benzene rings is 1. The molecule has 3 aliphatic heterocycles. The predicted molar refractivity (Wildman–Crippen MR) is 297 cm³/mol. The Morgan fingerprint density at radius 3 is 2.29 bits per heavy atom. The summed E-state index contributed by atoms with van der Waals surface area (Å²) < 4.78 is 28.8. The number of carbonyl (C=O) groups excluding carboxylic acids is 8. The summed E-state index contributed by atoms with van der Waals surface area (Å²) in [4.78, 5) is 100.0. The van der Waals surface area contributed by atoms with Crippen molar-refractivity contribution in [2.24, 2.45) is 23.5 Å². The number of nitrogens with two attached hydrogens (primary N) is 1. The lowest BCUT2D eigenvalue weighted by molar-refractivity contribution is -0.143. The SMILES string of the molecule is CSCC(=O)CCCCCCC(=O)N[C@H](C(=O)C[C@@H](CCCNC(N)=O)C(=O)Nc1ccc(COC(=O)NC[C@@H]2C[C@@]3(CO3)[C@H](O)[C@@H](/C=C/C(C)=C/C[C@@H]3O[C@H](C)[C@H](NC(=O)/C=C\[C@H](C)OC(C)=O)C[C@@H]3C)O2)cc1)C(C)C. The van der Waals surface area contributed by atoms with Gasteiger partial charge in [-0.3, -0.25) is 28.8 Å². The van der Waals surface area contributed by atoms with E-state index >= 15 is 0 Å². The van der Waals surface area contributed by atoms with Crippen molar-refractivity contribution in [1.82, 2.24) is 21.3 Å². The Balaban J connectivity index is 1.23. The maximum Gasteiger partial charge on any atom is 0.407 e. The van der Waals surface area contributed by atoms with Crippen LogP contribution >= 0.6 is 11.8 Å². The molecule has 0 saturated carbocycles. The number of unbranched alkanes of at least 4 members (excludes halogenated alkanes) is 3. The third-order valence-corrected chi connectivity index (χ3v) is 14.7. The standard InChI is InChI=1S/C57H86N6O14S/c1-35(2)52(63-50(67)16-12-10-9-11-15-44(65)33-78-8)47(66)29-42(14-13-27-59-55(58)71)54(70)61-43-22-20-41(21-23-43)32-73-56(72)60-31-45-30-57(34-74-57)53(69)49(77-45)25-18-36(3)17-24-48-37(4)28-46(39(6)76-48)62-51(68)26-19-38(5)75-40(7)64/h17-23,25-26,35,37-39,42,45-46,48-49,52-53,69H,9-16,24,27-34H2,1-8H3,(H,60,72)(H,61,70)(H,62,68)(H,63,67)(H3,58,59,71)/b25-18+,26-19-,36-17+/t37-,38-,39+,42+,45-,46+,48-,49+,52-,53+,57+/m0/s1. The number of ketones is 2. The third-order valence-electron chi connectivity index (χ3n) is 14.1. The van der Waals surface area contributed by atoms with Crippen molar-refractivity contribution in [3.05, 3.63) is 65.8 Å². The number of hydrogen-bond donors (Lipinski definition) is 7. The van der Waals surface area contributed by atoms with Gasteiger partial charge in [0, 0.05) is 63.4 Å². The average molecular weight is 1110 g/mol. The Morgan fingerprint density at radius 1 is 0.936 bits per heavy atom. The molecule has 1 spiro atoms. The van der Waals surface area contributed by atoms with Crippen LogP contribution in [-0.2, 0) is 59.1 Å². The molecule has 20 nitrogen and oxygen atoms in total. The number of hydrogen-bond acceptors (Lipinski definition) is 15. The molecular weight excluding hydrogens is 1020 g/mol. The molecule has 21 heteroatoms. The van der Waals surface area contributed by atoms with Crippen LogP contribution in [0.15, 0.2) is 60.2 Å². The Labute approximate surface area is 464 Å². The van der Waals surface area contributed by atoms with E-state index < -0.39 is 66.0 Å². The molecule has 4 rings (SSSR count). The van der Waals surface area contributed by atoms with Crippen LogP contribution in [0.25, 0.3) is 0 Å². The van der Waals surface area contributed by atoms with Crippen LogP contribution in [0.1, 0.15) is 131 Å². The van der Waals surface area contributed by atoms with E-state index in [2.05, 4.69) is 39.6 Å². The number of esters is 1. The molecule has 11 atom stereocenters. The highest BCUT2D eigenvalue weighted by molar-refractivity contribution is 7.99. The normalized spacial score (nSPS) is 24.2. The Morgan fingerprint density at radius 2 is 1.64 bits per heavy atom. The summed E-state index contributed by atoms with van der Waals surface area (Å²) in [6.07, 6.45) is 13.0. The summed E-state index contributed by atoms with van der Waals surface area (Å²) in [5.74, 6) is -1.77. The van der Waals surface area contributed by atoms with E-state index in [1.807, 2.05) is 40.0 Å². The second kappa shape index (κ2) is 33.1. The molecule has 3 fully saturated rings. The van der Waals surface area contributed by atoms with Crippen molar-refractivity contribution in [2.45, 2.75) is 186 Å². The molecule has 1 aromatic rings. The van der Waals surface area contributed by atoms with E-state index in [4.69, 9.17) is 29.4 Å². The first kappa shape index (κ1) is 64.9. The molecule has 1 aromatic carbocycles. The number of Topliss-reactive ketones (excluding diaryl/α,β-unsaturated/α-hetero) is 2. The number of epoxide rings is 1. The number of primary amides is 1. The number of urea groups is 1. The van der Waals surface area contributed by atoms with E-state index in [1.165, 1.54) is 30.8 Å². The lowest BCUT2D eigenvalue weighted by atomic mass is 9.87. The first-order chi connectivity index (χ1) is 37.1. The molecule has 0 bridgehead atoms. The van der Waals surface area contributed by atoms with Gasteiger partial charge in [-0.25, -0.2) is 9.59 Å². The minimum atomic E-state index is -0.909. The van der Waals surface area contributed by atoms with Crippen LogP contribution in [0.3, 0.4) is 0 Å². The summed E-state index contributed by atoms with van der Waals surface area (Å²) in [5, 5.41) is 25.2. The molecular formula is C57H86N6O14S. The van der Waals surface area contributed by atoms with Gasteiger partial charge in [0.1, 0.15) is 36.3 Å². The number of aliphatic hydroxyl groups excluding tert-OH is 1. The van der Waals surface area contributed by atoms with Gasteiger partial charge in [-0.2, -0.15) is 11.8 Å². The molecule has 0 aliphatic carbocycles. The lowest BCUT2D eigenvalue weighted by Crippen LogP contribution is -2.52. The fourth-order valence-electron chi connectivity index (χ4n) is 9.53. The Bertz CT molecular complexity index is 2250. The highest BCUT2D eigenvalue weighted by Gasteiger charge is 2.58. The number of allylic oxidation sites excluding steroid dienone is 2. The van der Waals surface area contributed by atoms with Crippen LogP contribution in [-0.4, -0.2) is 139 Å². The lowest BCUT2D eigenvalue weighted by Gasteiger charge is -2.39. The molecule has 3 aliphatic rings.